The average molecular weight is 326 g/mol. The van der Waals surface area contributed by atoms with E-state index in [9.17, 15) is 0 Å². The van der Waals surface area contributed by atoms with Crippen molar-refractivity contribution < 1.29 is 0 Å². The van der Waals surface area contributed by atoms with Gasteiger partial charge in [-0.2, -0.15) is 0 Å². The zero-order valence-electron chi connectivity index (χ0n) is 11.9. The highest BCUT2D eigenvalue weighted by molar-refractivity contribution is 9.10. The predicted octanol–water partition coefficient (Wildman–Crippen LogP) is 2.48. The Kier molecular flexibility index (Phi) is 5.25. The van der Waals surface area contributed by atoms with Gasteiger partial charge >= 0.3 is 0 Å². The number of likely N-dealkylation sites (N-methyl/N-ethyl adjacent to an activating group) is 1. The van der Waals surface area contributed by atoms with Crippen LogP contribution in [-0.2, 0) is 6.42 Å². The third-order valence-corrected chi connectivity index (χ3v) is 4.54. The number of nitrogens with zero attached hydrogens (tertiary/aromatic N) is 2. The third kappa shape index (κ3) is 3.50. The topological polar surface area (TPSA) is 32.5 Å². The molecule has 1 aliphatic heterocycles. The summed E-state index contributed by atoms with van der Waals surface area (Å²) in [4.78, 5) is 4.99. The fourth-order valence-electron chi connectivity index (χ4n) is 2.82. The van der Waals surface area contributed by atoms with Crippen molar-refractivity contribution in [2.45, 2.75) is 25.8 Å². The molecule has 0 amide bonds. The molecule has 1 heterocycles. The molecule has 0 saturated carbocycles. The molecule has 0 radical (unpaired) electrons. The molecule has 19 heavy (non-hydrogen) atoms. The van der Waals surface area contributed by atoms with Gasteiger partial charge in [-0.3, -0.25) is 4.90 Å². The van der Waals surface area contributed by atoms with E-state index in [4.69, 9.17) is 5.73 Å². The summed E-state index contributed by atoms with van der Waals surface area (Å²) in [5, 5.41) is 0. The van der Waals surface area contributed by atoms with Gasteiger partial charge in [0, 0.05) is 35.8 Å². The second kappa shape index (κ2) is 6.73. The molecule has 1 fully saturated rings. The Hall–Kier alpha value is -0.580. The van der Waals surface area contributed by atoms with Crippen LogP contribution in [0.25, 0.3) is 0 Å². The van der Waals surface area contributed by atoms with E-state index in [0.29, 0.717) is 12.6 Å². The fourth-order valence-corrected chi connectivity index (χ4v) is 3.23. The zero-order chi connectivity index (χ0) is 13.8. The van der Waals surface area contributed by atoms with Gasteiger partial charge in [0.2, 0.25) is 0 Å². The van der Waals surface area contributed by atoms with E-state index in [1.54, 1.807) is 0 Å². The Morgan fingerprint density at radius 2 is 2.16 bits per heavy atom. The van der Waals surface area contributed by atoms with Crippen LogP contribution in [0.3, 0.4) is 0 Å². The van der Waals surface area contributed by atoms with E-state index in [0.717, 1.165) is 30.5 Å². The van der Waals surface area contributed by atoms with Crippen LogP contribution in [0.2, 0.25) is 0 Å². The molecular weight excluding hydrogens is 302 g/mol. The quantitative estimate of drug-likeness (QED) is 0.923. The predicted molar refractivity (Wildman–Crippen MR) is 85.8 cm³/mol. The van der Waals surface area contributed by atoms with Crippen molar-refractivity contribution in [3.63, 3.8) is 0 Å². The van der Waals surface area contributed by atoms with Crippen molar-refractivity contribution in [3.8, 4) is 0 Å². The molecule has 0 spiro atoms. The summed E-state index contributed by atoms with van der Waals surface area (Å²) >= 11 is 3.56. The van der Waals surface area contributed by atoms with Crippen molar-refractivity contribution in [2.24, 2.45) is 5.73 Å². The summed E-state index contributed by atoms with van der Waals surface area (Å²) in [7, 11) is 2.23. The van der Waals surface area contributed by atoms with Crippen LogP contribution in [-0.4, -0.2) is 44.2 Å². The van der Waals surface area contributed by atoms with Gasteiger partial charge in [-0.1, -0.05) is 22.9 Å². The molecule has 0 aromatic heterocycles. The third-order valence-electron chi connectivity index (χ3n) is 4.04. The Bertz CT molecular complexity index is 422. The van der Waals surface area contributed by atoms with Crippen molar-refractivity contribution in [2.75, 3.05) is 38.1 Å². The first-order valence-electron chi connectivity index (χ1n) is 7.09. The summed E-state index contributed by atoms with van der Waals surface area (Å²) in [6, 6.07) is 7.23. The SMILES string of the molecule is CCC1CN(c2ccc(Br)cc2CCN)CCN1C. The largest absolute Gasteiger partial charge is 0.368 e. The number of nitrogens with two attached hydrogens (primary N) is 1. The van der Waals surface area contributed by atoms with Gasteiger partial charge in [0.05, 0.1) is 0 Å². The highest BCUT2D eigenvalue weighted by Crippen LogP contribution is 2.27. The molecule has 0 aliphatic carbocycles. The van der Waals surface area contributed by atoms with Gasteiger partial charge < -0.3 is 10.6 Å². The zero-order valence-corrected chi connectivity index (χ0v) is 13.5. The van der Waals surface area contributed by atoms with Gasteiger partial charge in [0.15, 0.2) is 0 Å². The van der Waals surface area contributed by atoms with E-state index in [1.165, 1.54) is 17.7 Å². The molecule has 1 atom stereocenters. The van der Waals surface area contributed by atoms with Gasteiger partial charge in [-0.25, -0.2) is 0 Å². The number of halogens is 1. The summed E-state index contributed by atoms with van der Waals surface area (Å²) in [5.74, 6) is 0. The second-order valence-electron chi connectivity index (χ2n) is 5.30. The van der Waals surface area contributed by atoms with Crippen LogP contribution in [0.15, 0.2) is 22.7 Å². The molecule has 1 aromatic carbocycles. The molecule has 2 N–H and O–H groups in total. The normalized spacial score (nSPS) is 20.8. The first-order chi connectivity index (χ1) is 9.15. The maximum absolute atomic E-state index is 5.74. The lowest BCUT2D eigenvalue weighted by Gasteiger charge is -2.41. The summed E-state index contributed by atoms with van der Waals surface area (Å²) < 4.78 is 1.14. The van der Waals surface area contributed by atoms with Crippen LogP contribution in [0.5, 0.6) is 0 Å². The first-order valence-corrected chi connectivity index (χ1v) is 7.88. The van der Waals surface area contributed by atoms with E-state index >= 15 is 0 Å². The molecule has 1 aromatic rings. The maximum atomic E-state index is 5.74. The number of rotatable bonds is 4. The van der Waals surface area contributed by atoms with Crippen LogP contribution >= 0.6 is 15.9 Å². The van der Waals surface area contributed by atoms with Crippen LogP contribution < -0.4 is 10.6 Å². The van der Waals surface area contributed by atoms with Crippen molar-refractivity contribution >= 4 is 21.6 Å². The van der Waals surface area contributed by atoms with Crippen LogP contribution in [0.1, 0.15) is 18.9 Å². The monoisotopic (exact) mass is 325 g/mol. The molecule has 1 unspecified atom stereocenters. The first kappa shape index (κ1) is 14.8. The molecule has 1 saturated heterocycles. The number of hydrogen-bond donors (Lipinski definition) is 1. The lowest BCUT2D eigenvalue weighted by molar-refractivity contribution is 0.213. The highest BCUT2D eigenvalue weighted by Gasteiger charge is 2.24. The minimum atomic E-state index is 0.656. The molecule has 106 valence electrons. The summed E-state index contributed by atoms with van der Waals surface area (Å²) in [6.45, 7) is 6.33. The van der Waals surface area contributed by atoms with Gasteiger partial charge in [-0.05, 0) is 50.2 Å². The van der Waals surface area contributed by atoms with Gasteiger partial charge in [0.25, 0.3) is 0 Å². The highest BCUT2D eigenvalue weighted by atomic mass is 79.9. The molecule has 2 rings (SSSR count). The van der Waals surface area contributed by atoms with E-state index in [-0.39, 0.29) is 0 Å². The molecule has 0 bridgehead atoms. The smallest absolute Gasteiger partial charge is 0.0401 e. The Labute approximate surface area is 124 Å². The van der Waals surface area contributed by atoms with Gasteiger partial charge in [-0.15, -0.1) is 0 Å². The summed E-state index contributed by atoms with van der Waals surface area (Å²) in [6.07, 6.45) is 2.15. The Morgan fingerprint density at radius 1 is 1.37 bits per heavy atom. The molecule has 4 heteroatoms. The molecule has 1 aliphatic rings. The minimum Gasteiger partial charge on any atom is -0.368 e. The van der Waals surface area contributed by atoms with Crippen molar-refractivity contribution in [1.82, 2.24) is 4.90 Å². The minimum absolute atomic E-state index is 0.656. The Morgan fingerprint density at radius 3 is 2.84 bits per heavy atom. The van der Waals surface area contributed by atoms with Gasteiger partial charge in [0.1, 0.15) is 0 Å². The van der Waals surface area contributed by atoms with Crippen LogP contribution in [0.4, 0.5) is 5.69 Å². The standard InChI is InChI=1S/C15H24BrN3/c1-3-14-11-19(9-8-18(14)2)15-5-4-13(16)10-12(15)6-7-17/h4-5,10,14H,3,6-9,11,17H2,1-2H3. The second-order valence-corrected chi connectivity index (χ2v) is 6.22. The van der Waals surface area contributed by atoms with Crippen molar-refractivity contribution in [3.05, 3.63) is 28.2 Å². The number of hydrogen-bond acceptors (Lipinski definition) is 3. The average Bonchev–Trinajstić information content (AvgIpc) is 2.40. The lowest BCUT2D eigenvalue weighted by Crippen LogP contribution is -2.51. The number of anilines is 1. The lowest BCUT2D eigenvalue weighted by atomic mass is 10.1. The maximum Gasteiger partial charge on any atom is 0.0401 e. The van der Waals surface area contributed by atoms with E-state index in [2.05, 4.69) is 57.9 Å². The molecule has 3 nitrogen and oxygen atoms in total. The van der Waals surface area contributed by atoms with Crippen LogP contribution in [0, 0.1) is 0 Å². The van der Waals surface area contributed by atoms with Crippen molar-refractivity contribution in [1.29, 1.82) is 0 Å². The summed E-state index contributed by atoms with van der Waals surface area (Å²) in [5.41, 5.74) is 8.46. The van der Waals surface area contributed by atoms with E-state index in [1.807, 2.05) is 0 Å². The molecular formula is C15H24BrN3. The van der Waals surface area contributed by atoms with E-state index < -0.39 is 0 Å². The number of piperazine rings is 1. The number of benzene rings is 1. The fraction of sp³-hybridized carbons (Fsp3) is 0.600. The Balaban J connectivity index is 2.21.